The van der Waals surface area contributed by atoms with E-state index in [1.165, 1.54) is 0 Å². The molecule has 0 spiro atoms. The molecule has 0 amide bonds. The van der Waals surface area contributed by atoms with Crippen LogP contribution in [0.25, 0.3) is 0 Å². The molecule has 0 bridgehead atoms. The topological polar surface area (TPSA) is 26.3 Å². The lowest BCUT2D eigenvalue weighted by atomic mass is 10.1. The summed E-state index contributed by atoms with van der Waals surface area (Å²) in [5.74, 6) is -0.252. The Balaban J connectivity index is 2.03. The van der Waals surface area contributed by atoms with Crippen molar-refractivity contribution in [1.29, 1.82) is 0 Å². The highest BCUT2D eigenvalue weighted by molar-refractivity contribution is 9.11. The SMILES string of the molecule is O=C(OC1CCCC=C1Br)c1ccccc1. The first-order chi connectivity index (χ1) is 7.77. The Bertz CT molecular complexity index is 398. The predicted molar refractivity (Wildman–Crippen MR) is 66.5 cm³/mol. The monoisotopic (exact) mass is 280 g/mol. The van der Waals surface area contributed by atoms with E-state index < -0.39 is 0 Å². The van der Waals surface area contributed by atoms with E-state index in [0.717, 1.165) is 23.7 Å². The minimum absolute atomic E-state index is 0.110. The number of carbonyl (C=O) groups is 1. The van der Waals surface area contributed by atoms with Gasteiger partial charge in [0.25, 0.3) is 0 Å². The van der Waals surface area contributed by atoms with Gasteiger partial charge in [-0.1, -0.05) is 40.2 Å². The van der Waals surface area contributed by atoms with E-state index in [0.29, 0.717) is 5.56 Å². The van der Waals surface area contributed by atoms with Crippen LogP contribution in [0.3, 0.4) is 0 Å². The van der Waals surface area contributed by atoms with Gasteiger partial charge < -0.3 is 4.74 Å². The third-order valence-corrected chi connectivity index (χ3v) is 3.41. The zero-order valence-corrected chi connectivity index (χ0v) is 10.4. The van der Waals surface area contributed by atoms with Crippen LogP contribution in [-0.2, 0) is 4.74 Å². The largest absolute Gasteiger partial charge is 0.453 e. The first kappa shape index (κ1) is 11.4. The summed E-state index contributed by atoms with van der Waals surface area (Å²) in [7, 11) is 0. The molecule has 2 nitrogen and oxygen atoms in total. The number of allylic oxidation sites excluding steroid dienone is 1. The maximum atomic E-state index is 11.8. The quantitative estimate of drug-likeness (QED) is 0.773. The fourth-order valence-electron chi connectivity index (χ4n) is 1.70. The summed E-state index contributed by atoms with van der Waals surface area (Å²) in [5, 5.41) is 0. The first-order valence-corrected chi connectivity index (χ1v) is 6.18. The van der Waals surface area contributed by atoms with Crippen molar-refractivity contribution >= 4 is 21.9 Å². The Morgan fingerprint density at radius 2 is 2.06 bits per heavy atom. The van der Waals surface area contributed by atoms with E-state index in [1.807, 2.05) is 18.2 Å². The van der Waals surface area contributed by atoms with Crippen LogP contribution in [0.1, 0.15) is 29.6 Å². The van der Waals surface area contributed by atoms with Crippen molar-refractivity contribution in [2.45, 2.75) is 25.4 Å². The standard InChI is InChI=1S/C13H13BrO2/c14-11-8-4-5-9-12(11)16-13(15)10-6-2-1-3-7-10/h1-3,6-8,12H,4-5,9H2. The summed E-state index contributed by atoms with van der Waals surface area (Å²) in [6, 6.07) is 9.09. The number of rotatable bonds is 2. The van der Waals surface area contributed by atoms with Crippen molar-refractivity contribution in [2.24, 2.45) is 0 Å². The molecule has 0 aromatic heterocycles. The molecule has 0 fully saturated rings. The molecule has 0 radical (unpaired) electrons. The second-order valence-corrected chi connectivity index (χ2v) is 4.70. The molecule has 1 aliphatic rings. The van der Waals surface area contributed by atoms with Crippen LogP contribution < -0.4 is 0 Å². The lowest BCUT2D eigenvalue weighted by Crippen LogP contribution is -2.20. The van der Waals surface area contributed by atoms with Gasteiger partial charge in [0.05, 0.1) is 5.56 Å². The number of halogens is 1. The van der Waals surface area contributed by atoms with E-state index in [1.54, 1.807) is 12.1 Å². The lowest BCUT2D eigenvalue weighted by Gasteiger charge is -2.20. The third kappa shape index (κ3) is 2.73. The van der Waals surface area contributed by atoms with Gasteiger partial charge in [0.2, 0.25) is 0 Å². The molecule has 0 aliphatic heterocycles. The second kappa shape index (κ2) is 5.30. The molecule has 1 aromatic rings. The van der Waals surface area contributed by atoms with Gasteiger partial charge in [0.1, 0.15) is 6.10 Å². The Morgan fingerprint density at radius 3 is 2.75 bits per heavy atom. The van der Waals surface area contributed by atoms with Crippen molar-refractivity contribution in [3.63, 3.8) is 0 Å². The van der Waals surface area contributed by atoms with Crippen LogP contribution in [0.15, 0.2) is 40.9 Å². The highest BCUT2D eigenvalue weighted by Gasteiger charge is 2.20. The van der Waals surface area contributed by atoms with Gasteiger partial charge in [-0.3, -0.25) is 0 Å². The Labute approximate surface area is 103 Å². The number of esters is 1. The van der Waals surface area contributed by atoms with Gasteiger partial charge in [-0.05, 0) is 31.4 Å². The molecule has 3 heteroatoms. The molecular formula is C13H13BrO2. The zero-order valence-electron chi connectivity index (χ0n) is 8.86. The highest BCUT2D eigenvalue weighted by Crippen LogP contribution is 2.26. The number of ether oxygens (including phenoxy) is 1. The smallest absolute Gasteiger partial charge is 0.338 e. The first-order valence-electron chi connectivity index (χ1n) is 5.39. The van der Waals surface area contributed by atoms with Crippen LogP contribution in [0.5, 0.6) is 0 Å². The fraction of sp³-hybridized carbons (Fsp3) is 0.308. The summed E-state index contributed by atoms with van der Waals surface area (Å²) < 4.78 is 6.42. The fourth-order valence-corrected chi connectivity index (χ4v) is 2.25. The molecule has 1 aromatic carbocycles. The normalized spacial score (nSPS) is 20.1. The second-order valence-electron chi connectivity index (χ2n) is 3.78. The van der Waals surface area contributed by atoms with E-state index in [-0.39, 0.29) is 12.1 Å². The zero-order chi connectivity index (χ0) is 11.4. The summed E-state index contributed by atoms with van der Waals surface area (Å²) in [6.07, 6.45) is 4.99. The molecular weight excluding hydrogens is 268 g/mol. The summed E-state index contributed by atoms with van der Waals surface area (Å²) in [6.45, 7) is 0. The molecule has 1 atom stereocenters. The van der Waals surface area contributed by atoms with Crippen molar-refractivity contribution in [3.8, 4) is 0 Å². The number of hydrogen-bond donors (Lipinski definition) is 0. The molecule has 2 rings (SSSR count). The lowest BCUT2D eigenvalue weighted by molar-refractivity contribution is 0.0364. The number of carbonyl (C=O) groups excluding carboxylic acids is 1. The maximum absolute atomic E-state index is 11.8. The van der Waals surface area contributed by atoms with Crippen LogP contribution in [0.4, 0.5) is 0 Å². The van der Waals surface area contributed by atoms with E-state index in [4.69, 9.17) is 4.74 Å². The van der Waals surface area contributed by atoms with Gasteiger partial charge in [0, 0.05) is 4.48 Å². The molecule has 1 aliphatic carbocycles. The van der Waals surface area contributed by atoms with Crippen molar-refractivity contribution in [2.75, 3.05) is 0 Å². The minimum Gasteiger partial charge on any atom is -0.453 e. The number of hydrogen-bond acceptors (Lipinski definition) is 2. The van der Waals surface area contributed by atoms with E-state index in [9.17, 15) is 4.79 Å². The molecule has 0 heterocycles. The van der Waals surface area contributed by atoms with Gasteiger partial charge in [0.15, 0.2) is 0 Å². The van der Waals surface area contributed by atoms with Crippen molar-refractivity contribution in [3.05, 3.63) is 46.5 Å². The van der Waals surface area contributed by atoms with Crippen LogP contribution in [0, 0.1) is 0 Å². The van der Waals surface area contributed by atoms with Crippen LogP contribution >= 0.6 is 15.9 Å². The van der Waals surface area contributed by atoms with Gasteiger partial charge in [-0.2, -0.15) is 0 Å². The molecule has 0 saturated carbocycles. The average molecular weight is 281 g/mol. The molecule has 1 unspecified atom stereocenters. The molecule has 84 valence electrons. The average Bonchev–Trinajstić information content (AvgIpc) is 2.33. The molecule has 0 N–H and O–H groups in total. The Kier molecular flexibility index (Phi) is 3.78. The van der Waals surface area contributed by atoms with Crippen LogP contribution in [0.2, 0.25) is 0 Å². The summed E-state index contributed by atoms with van der Waals surface area (Å²) in [5.41, 5.74) is 0.605. The van der Waals surface area contributed by atoms with E-state index in [2.05, 4.69) is 22.0 Å². The summed E-state index contributed by atoms with van der Waals surface area (Å²) >= 11 is 3.44. The third-order valence-electron chi connectivity index (χ3n) is 2.58. The van der Waals surface area contributed by atoms with E-state index >= 15 is 0 Å². The van der Waals surface area contributed by atoms with Gasteiger partial charge >= 0.3 is 5.97 Å². The predicted octanol–water partition coefficient (Wildman–Crippen LogP) is 3.67. The summed E-state index contributed by atoms with van der Waals surface area (Å²) in [4.78, 5) is 11.8. The van der Waals surface area contributed by atoms with Gasteiger partial charge in [-0.15, -0.1) is 0 Å². The minimum atomic E-state index is -0.252. The van der Waals surface area contributed by atoms with Crippen molar-refractivity contribution < 1.29 is 9.53 Å². The molecule has 0 saturated heterocycles. The highest BCUT2D eigenvalue weighted by atomic mass is 79.9. The Hall–Kier alpha value is -1.09. The number of benzene rings is 1. The Morgan fingerprint density at radius 1 is 1.31 bits per heavy atom. The van der Waals surface area contributed by atoms with Crippen LogP contribution in [-0.4, -0.2) is 12.1 Å². The maximum Gasteiger partial charge on any atom is 0.338 e. The molecule has 16 heavy (non-hydrogen) atoms. The van der Waals surface area contributed by atoms with Gasteiger partial charge in [-0.25, -0.2) is 4.79 Å². The van der Waals surface area contributed by atoms with Crippen molar-refractivity contribution in [1.82, 2.24) is 0 Å².